The van der Waals surface area contributed by atoms with E-state index in [2.05, 4.69) is 69.9 Å². The van der Waals surface area contributed by atoms with Crippen molar-refractivity contribution in [3.8, 4) is 28.7 Å². The molecule has 0 aliphatic carbocycles. The molecule has 0 heterocycles. The first-order valence-corrected chi connectivity index (χ1v) is 24.6. The predicted octanol–water partition coefficient (Wildman–Crippen LogP) is 11.1. The molecule has 0 fully saturated rings. The SMILES string of the molecule is COC(=O)Oc1ccc(C(C)(C)c2ccc(OC(=O)Oc3ccc(CCC[Si](C)(C)O[Si](C)(C)CCCc4ccc(C)c(OC)c4)cc3OC)cc2)cc1. The van der Waals surface area contributed by atoms with Gasteiger partial charge in [0.1, 0.15) is 17.2 Å². The van der Waals surface area contributed by atoms with Gasteiger partial charge in [0.05, 0.1) is 21.3 Å². The van der Waals surface area contributed by atoms with E-state index in [0.29, 0.717) is 23.0 Å². The molecular formula is C43H56O9Si2. The monoisotopic (exact) mass is 772 g/mol. The van der Waals surface area contributed by atoms with Crippen LogP contribution in [0.1, 0.15) is 54.5 Å². The number of benzene rings is 4. The molecule has 0 N–H and O–H groups in total. The first-order chi connectivity index (χ1) is 25.5. The first kappa shape index (κ1) is 42.2. The minimum atomic E-state index is -1.87. The summed E-state index contributed by atoms with van der Waals surface area (Å²) in [5.41, 5.74) is 5.21. The fraction of sp³-hybridized carbons (Fsp3) is 0.395. The third-order valence-corrected chi connectivity index (χ3v) is 17.2. The van der Waals surface area contributed by atoms with Crippen molar-refractivity contribution in [1.82, 2.24) is 0 Å². The van der Waals surface area contributed by atoms with Crippen LogP contribution in [0, 0.1) is 6.92 Å². The van der Waals surface area contributed by atoms with Crippen molar-refractivity contribution in [2.24, 2.45) is 0 Å². The number of methoxy groups -OCH3 is 3. The number of ether oxygens (including phenoxy) is 6. The Labute approximate surface area is 323 Å². The van der Waals surface area contributed by atoms with Crippen molar-refractivity contribution in [3.05, 3.63) is 113 Å². The van der Waals surface area contributed by atoms with E-state index in [1.54, 1.807) is 44.6 Å². The maximum Gasteiger partial charge on any atom is 0.519 e. The van der Waals surface area contributed by atoms with Crippen LogP contribution < -0.4 is 23.7 Å². The van der Waals surface area contributed by atoms with Crippen LogP contribution in [-0.2, 0) is 27.1 Å². The summed E-state index contributed by atoms with van der Waals surface area (Å²) in [5.74, 6) is 2.46. The highest BCUT2D eigenvalue weighted by Gasteiger charge is 2.32. The zero-order valence-electron chi connectivity index (χ0n) is 33.5. The van der Waals surface area contributed by atoms with Gasteiger partial charge in [0.15, 0.2) is 28.1 Å². The summed E-state index contributed by atoms with van der Waals surface area (Å²) in [4.78, 5) is 24.2. The van der Waals surface area contributed by atoms with Crippen LogP contribution in [0.2, 0.25) is 38.3 Å². The van der Waals surface area contributed by atoms with Gasteiger partial charge in [0.2, 0.25) is 0 Å². The molecule has 0 unspecified atom stereocenters. The molecule has 9 nitrogen and oxygen atoms in total. The van der Waals surface area contributed by atoms with Gasteiger partial charge in [0.25, 0.3) is 0 Å². The van der Waals surface area contributed by atoms with Gasteiger partial charge >= 0.3 is 12.3 Å². The average molecular weight is 773 g/mol. The molecule has 0 aliphatic rings. The van der Waals surface area contributed by atoms with Crippen LogP contribution in [0.25, 0.3) is 0 Å². The van der Waals surface area contributed by atoms with E-state index in [9.17, 15) is 9.59 Å². The lowest BCUT2D eigenvalue weighted by molar-refractivity contribution is 0.121. The quantitative estimate of drug-likeness (QED) is 0.0590. The van der Waals surface area contributed by atoms with E-state index >= 15 is 0 Å². The van der Waals surface area contributed by atoms with Gasteiger partial charge in [-0.2, -0.15) is 0 Å². The number of rotatable bonds is 17. The second-order valence-electron chi connectivity index (χ2n) is 15.3. The van der Waals surface area contributed by atoms with Crippen LogP contribution in [0.3, 0.4) is 0 Å². The number of hydrogen-bond acceptors (Lipinski definition) is 9. The van der Waals surface area contributed by atoms with E-state index in [1.165, 1.54) is 12.7 Å². The second kappa shape index (κ2) is 18.6. The summed E-state index contributed by atoms with van der Waals surface area (Å²) in [5, 5.41) is 0. The molecule has 290 valence electrons. The Morgan fingerprint density at radius 2 is 1.04 bits per heavy atom. The average Bonchev–Trinajstić information content (AvgIpc) is 3.12. The van der Waals surface area contributed by atoms with Crippen molar-refractivity contribution in [1.29, 1.82) is 0 Å². The molecule has 0 aromatic heterocycles. The third-order valence-electron chi connectivity index (χ3n) is 9.66. The molecule has 0 saturated heterocycles. The van der Waals surface area contributed by atoms with Gasteiger partial charge < -0.3 is 32.5 Å². The molecule has 4 aromatic rings. The third kappa shape index (κ3) is 12.2. The van der Waals surface area contributed by atoms with E-state index in [1.807, 2.05) is 36.4 Å². The zero-order chi connectivity index (χ0) is 39.5. The minimum absolute atomic E-state index is 0.290. The fourth-order valence-electron chi connectivity index (χ4n) is 6.65. The first-order valence-electron chi connectivity index (χ1n) is 18.4. The molecular weight excluding hydrogens is 717 g/mol. The predicted molar refractivity (Wildman–Crippen MR) is 218 cm³/mol. The Morgan fingerprint density at radius 1 is 0.574 bits per heavy atom. The van der Waals surface area contributed by atoms with Gasteiger partial charge in [-0.3, -0.25) is 0 Å². The summed E-state index contributed by atoms with van der Waals surface area (Å²) in [6, 6.07) is 28.8. The van der Waals surface area contributed by atoms with Crippen molar-refractivity contribution < 1.29 is 42.1 Å². The van der Waals surface area contributed by atoms with Crippen molar-refractivity contribution in [3.63, 3.8) is 0 Å². The summed E-state index contributed by atoms with van der Waals surface area (Å²) in [6.07, 6.45) is 2.38. The Balaban J connectivity index is 1.25. The van der Waals surface area contributed by atoms with E-state index in [-0.39, 0.29) is 5.41 Å². The van der Waals surface area contributed by atoms with Gasteiger partial charge in [-0.25, -0.2) is 9.59 Å². The van der Waals surface area contributed by atoms with Crippen molar-refractivity contribution in [2.75, 3.05) is 21.3 Å². The van der Waals surface area contributed by atoms with Crippen LogP contribution >= 0.6 is 0 Å². The molecule has 0 bridgehead atoms. The largest absolute Gasteiger partial charge is 0.519 e. The maximum absolute atomic E-state index is 12.8. The maximum atomic E-state index is 12.8. The number of carbonyl (C=O) groups is 2. The van der Waals surface area contributed by atoms with Gasteiger partial charge in [-0.15, -0.1) is 0 Å². The van der Waals surface area contributed by atoms with Crippen LogP contribution in [0.4, 0.5) is 9.59 Å². The van der Waals surface area contributed by atoms with Gasteiger partial charge in [0, 0.05) is 5.41 Å². The summed E-state index contributed by atoms with van der Waals surface area (Å²) >= 11 is 0. The Morgan fingerprint density at radius 3 is 1.52 bits per heavy atom. The van der Waals surface area contributed by atoms with E-state index < -0.39 is 28.9 Å². The summed E-state index contributed by atoms with van der Waals surface area (Å²) < 4.78 is 38.7. The van der Waals surface area contributed by atoms with Gasteiger partial charge in [-0.1, -0.05) is 56.3 Å². The van der Waals surface area contributed by atoms with Crippen LogP contribution in [0.5, 0.6) is 28.7 Å². The molecule has 4 rings (SSSR count). The number of aryl methyl sites for hydroxylation is 3. The molecule has 0 saturated carbocycles. The molecule has 0 aliphatic heterocycles. The van der Waals surface area contributed by atoms with Gasteiger partial charge in [-0.05, 0) is 141 Å². The lowest BCUT2D eigenvalue weighted by Gasteiger charge is -2.34. The van der Waals surface area contributed by atoms with E-state index in [4.69, 9.17) is 27.8 Å². The van der Waals surface area contributed by atoms with Crippen molar-refractivity contribution in [2.45, 2.75) is 90.1 Å². The lowest BCUT2D eigenvalue weighted by atomic mass is 9.78. The number of carbonyl (C=O) groups excluding carboxylic acids is 2. The molecule has 0 amide bonds. The molecule has 11 heteroatoms. The summed E-state index contributed by atoms with van der Waals surface area (Å²) in [6.45, 7) is 15.6. The number of hydrogen-bond donors (Lipinski definition) is 0. The standard InChI is InChI=1S/C43H56O9Si2/c1-31-15-16-32(29-39(31)46-4)13-11-27-53(7,8)52-54(9,10)28-12-14-33-17-26-38(40(30-33)47-5)51-42(45)50-37-24-20-35(21-25-37)43(2,3)34-18-22-36(23-19-34)49-41(44)48-6/h15-26,29-30H,11-14,27-28H2,1-10H3. The highest BCUT2D eigenvalue weighted by Crippen LogP contribution is 2.34. The van der Waals surface area contributed by atoms with E-state index in [0.717, 1.165) is 65.8 Å². The molecule has 0 radical (unpaired) electrons. The Bertz CT molecular complexity index is 1850. The smallest absolute Gasteiger partial charge is 0.496 e. The molecule has 0 spiro atoms. The van der Waals surface area contributed by atoms with Crippen molar-refractivity contribution >= 4 is 28.9 Å². The zero-order valence-corrected chi connectivity index (χ0v) is 35.5. The second-order valence-corrected chi connectivity index (χ2v) is 24.2. The normalized spacial score (nSPS) is 11.8. The minimum Gasteiger partial charge on any atom is -0.496 e. The Hall–Kier alpha value is -4.59. The highest BCUT2D eigenvalue weighted by molar-refractivity contribution is 6.84. The van der Waals surface area contributed by atoms with Crippen LogP contribution in [0.15, 0.2) is 84.9 Å². The topological polar surface area (TPSA) is 98.8 Å². The summed E-state index contributed by atoms with van der Waals surface area (Å²) in [7, 11) is 0.858. The Kier molecular flexibility index (Phi) is 14.6. The molecule has 54 heavy (non-hydrogen) atoms. The fourth-order valence-corrected chi connectivity index (χ4v) is 15.5. The highest BCUT2D eigenvalue weighted by atomic mass is 28.4. The molecule has 4 aromatic carbocycles. The lowest BCUT2D eigenvalue weighted by Crippen LogP contribution is -2.44. The molecule has 0 atom stereocenters. The van der Waals surface area contributed by atoms with Crippen LogP contribution in [-0.4, -0.2) is 50.3 Å².